The molecule has 0 spiro atoms. The van der Waals surface area contributed by atoms with Gasteiger partial charge in [-0.3, -0.25) is 20.2 Å². The molecule has 126 heavy (non-hydrogen) atoms. The molecule has 0 bridgehead atoms. The lowest BCUT2D eigenvalue weighted by Crippen LogP contribution is -2.12. The van der Waals surface area contributed by atoms with Crippen LogP contribution in [-0.4, -0.2) is 38.0 Å². The van der Waals surface area contributed by atoms with E-state index in [9.17, 15) is 25.5 Å². The Morgan fingerprint density at radius 2 is 0.373 bits per heavy atom. The second-order valence-electron chi connectivity index (χ2n) is 31.2. The summed E-state index contributed by atoms with van der Waals surface area (Å²) in [6.07, 6.45) is 0. The Morgan fingerprint density at radius 3 is 0.587 bits per heavy atom. The number of nitro groups is 2. The van der Waals surface area contributed by atoms with E-state index < -0.39 is 0 Å². The van der Waals surface area contributed by atoms with Gasteiger partial charge < -0.3 is 39.2 Å². The molecule has 16 aromatic carbocycles. The summed E-state index contributed by atoms with van der Waals surface area (Å²) < 4.78 is 0. The standard InChI is InChI=1S/2C28H25N3.2C27H25N3O2/c1-21-4-10-26(11-5-21)31(27-12-6-22(2)7-13-27)28-18-16-25(17-19-28)30(3)24-14-8-23(20-29)9-15-24;1-21-7-11-25(12-8-21)31(26-13-9-22(2)10-14-26)27-17-15-24(16-18-27)30(3)28-6-4-5-23(19-28)20-29;1-20-4-8-24(9-5-20)29(25-10-6-21(2)7-11-25)26-16-12-22(13-17-26)28(3)23-14-18-27(19-15-23)30(31)32;1-20-7-11-23(12-8-20)29(24-13-9-21(2)10-14-24)25-17-15-22(16-18-25)28(3)26-5-4-6-27(19-26)30(31)32/h2*4-19H,1-3H3;2*4-19H,1-3H3. The second kappa shape index (κ2) is 40.8. The van der Waals surface area contributed by atoms with Gasteiger partial charge in [0.05, 0.1) is 33.1 Å². The number of aryl methyl sites for hydroxylation is 8. The van der Waals surface area contributed by atoms with E-state index in [1.807, 2.05) is 105 Å². The molecule has 0 aliphatic heterocycles. The van der Waals surface area contributed by atoms with Crippen molar-refractivity contribution in [3.05, 3.63) is 464 Å². The van der Waals surface area contributed by atoms with Gasteiger partial charge in [-0.2, -0.15) is 10.5 Å². The molecule has 0 heterocycles. The summed E-state index contributed by atoms with van der Waals surface area (Å²) in [5.41, 5.74) is 32.2. The first-order valence-electron chi connectivity index (χ1n) is 41.5. The average molecular weight is 1650 g/mol. The maximum Gasteiger partial charge on any atom is 0.271 e. The predicted molar refractivity (Wildman–Crippen MR) is 523 cm³/mol. The van der Waals surface area contributed by atoms with E-state index in [1.165, 1.54) is 62.7 Å². The minimum atomic E-state index is -0.386. The van der Waals surface area contributed by atoms with Crippen LogP contribution in [0.25, 0.3) is 0 Å². The zero-order chi connectivity index (χ0) is 88.9. The summed E-state index contributed by atoms with van der Waals surface area (Å²) in [4.78, 5) is 38.4. The van der Waals surface area contributed by atoms with Gasteiger partial charge in [-0.05, 0) is 310 Å². The largest absolute Gasteiger partial charge is 0.345 e. The Bertz CT molecular complexity index is 6210. The lowest BCUT2D eigenvalue weighted by molar-refractivity contribution is -0.385. The van der Waals surface area contributed by atoms with Crippen molar-refractivity contribution in [1.82, 2.24) is 0 Å². The number of hydrogen-bond donors (Lipinski definition) is 0. The van der Waals surface area contributed by atoms with Crippen LogP contribution in [0.15, 0.2) is 388 Å². The third-order valence-electron chi connectivity index (χ3n) is 21.9. The highest BCUT2D eigenvalue weighted by atomic mass is 16.6. The van der Waals surface area contributed by atoms with Crippen molar-refractivity contribution in [2.45, 2.75) is 55.4 Å². The Balaban J connectivity index is 0.000000144. The van der Waals surface area contributed by atoms with E-state index in [4.69, 9.17) is 5.26 Å². The van der Waals surface area contributed by atoms with Crippen LogP contribution in [0.3, 0.4) is 0 Å². The molecule has 0 unspecified atom stereocenters. The number of non-ortho nitro benzene ring substituents is 2. The molecule has 0 fully saturated rings. The molecule has 0 aromatic heterocycles. The summed E-state index contributed by atoms with van der Waals surface area (Å²) in [6.45, 7) is 16.8. The predicted octanol–water partition coefficient (Wildman–Crippen LogP) is 29.7. The molecule has 16 nitrogen and oxygen atoms in total. The molecule has 0 saturated carbocycles. The van der Waals surface area contributed by atoms with Crippen LogP contribution >= 0.6 is 0 Å². The molecule has 16 heteroatoms. The van der Waals surface area contributed by atoms with Gasteiger partial charge in [-0.25, -0.2) is 0 Å². The normalized spacial score (nSPS) is 10.5. The van der Waals surface area contributed by atoms with Crippen LogP contribution in [0.5, 0.6) is 0 Å². The van der Waals surface area contributed by atoms with Crippen LogP contribution in [0.2, 0.25) is 0 Å². The van der Waals surface area contributed by atoms with Crippen LogP contribution in [-0.2, 0) is 0 Å². The van der Waals surface area contributed by atoms with Crippen molar-refractivity contribution in [2.75, 3.05) is 67.4 Å². The van der Waals surface area contributed by atoms with Gasteiger partial charge in [0.2, 0.25) is 0 Å². The van der Waals surface area contributed by atoms with E-state index in [1.54, 1.807) is 24.3 Å². The Labute approximate surface area is 740 Å². The van der Waals surface area contributed by atoms with Gasteiger partial charge >= 0.3 is 0 Å². The zero-order valence-electron chi connectivity index (χ0n) is 72.9. The molecule has 0 aliphatic rings. The van der Waals surface area contributed by atoms with E-state index in [0.29, 0.717) is 11.1 Å². The highest BCUT2D eigenvalue weighted by Crippen LogP contribution is 2.43. The average Bonchev–Trinajstić information content (AvgIpc) is 0.810. The topological polar surface area (TPSA) is 160 Å². The van der Waals surface area contributed by atoms with Gasteiger partial charge in [-0.15, -0.1) is 0 Å². The highest BCUT2D eigenvalue weighted by Gasteiger charge is 2.21. The zero-order valence-corrected chi connectivity index (χ0v) is 72.9. The van der Waals surface area contributed by atoms with Crippen molar-refractivity contribution in [1.29, 1.82) is 10.5 Å². The van der Waals surface area contributed by atoms with Crippen LogP contribution in [0.4, 0.5) is 125 Å². The van der Waals surface area contributed by atoms with E-state index >= 15 is 0 Å². The molecule has 0 amide bonds. The molecule has 16 rings (SSSR count). The first-order valence-corrected chi connectivity index (χ1v) is 41.5. The summed E-state index contributed by atoms with van der Waals surface area (Å²) >= 11 is 0. The number of nitrogens with zero attached hydrogens (tertiary/aromatic N) is 12. The highest BCUT2D eigenvalue weighted by molar-refractivity contribution is 5.84. The van der Waals surface area contributed by atoms with Crippen LogP contribution < -0.4 is 39.2 Å². The van der Waals surface area contributed by atoms with Crippen LogP contribution in [0.1, 0.15) is 55.6 Å². The fourth-order valence-electron chi connectivity index (χ4n) is 14.4. The Morgan fingerprint density at radius 1 is 0.198 bits per heavy atom. The molecule has 0 radical (unpaired) electrons. The molecule has 0 aliphatic carbocycles. The van der Waals surface area contributed by atoms with Crippen molar-refractivity contribution in [3.8, 4) is 12.1 Å². The first-order chi connectivity index (χ1) is 60.9. The smallest absolute Gasteiger partial charge is 0.271 e. The molecule has 0 atom stereocenters. The summed E-state index contributed by atoms with van der Waals surface area (Å²) in [6, 6.07) is 135. The van der Waals surface area contributed by atoms with Crippen molar-refractivity contribution in [2.24, 2.45) is 0 Å². The maximum absolute atomic E-state index is 11.1. The first kappa shape index (κ1) is 87.5. The quantitative estimate of drug-likeness (QED) is 0.0466. The van der Waals surface area contributed by atoms with Gasteiger partial charge in [0.1, 0.15) is 0 Å². The lowest BCUT2D eigenvalue weighted by atomic mass is 10.1. The third-order valence-corrected chi connectivity index (χ3v) is 21.9. The minimum absolute atomic E-state index is 0.0795. The van der Waals surface area contributed by atoms with Crippen molar-refractivity contribution >= 4 is 125 Å². The number of rotatable bonds is 22. The fraction of sp³-hybridized carbons (Fsp3) is 0.109. The van der Waals surface area contributed by atoms with E-state index in [0.717, 1.165) is 114 Å². The van der Waals surface area contributed by atoms with Gasteiger partial charge in [0.15, 0.2) is 0 Å². The molecular formula is C110H100N12O4. The fourth-order valence-corrected chi connectivity index (χ4v) is 14.4. The SMILES string of the molecule is Cc1ccc(N(c2ccc(C)cc2)c2ccc(N(C)c3ccc(C#N)cc3)cc2)cc1.Cc1ccc(N(c2ccc(C)cc2)c2ccc(N(C)c3ccc([N+](=O)[O-])cc3)cc2)cc1.Cc1ccc(N(c2ccc(C)cc2)c2ccc(N(C)c3cccc(C#N)c3)cc2)cc1.Cc1ccc(N(c2ccc(C)cc2)c2ccc(N(C)c3cccc([N+](=O)[O-])c3)cc2)cc1. The summed E-state index contributed by atoms with van der Waals surface area (Å²) in [7, 11) is 7.91. The van der Waals surface area contributed by atoms with Gasteiger partial charge in [0.25, 0.3) is 11.4 Å². The molecule has 0 saturated heterocycles. The number of hydrogen-bond acceptors (Lipinski definition) is 14. The maximum atomic E-state index is 11.1. The third kappa shape index (κ3) is 22.1. The monoisotopic (exact) mass is 1650 g/mol. The van der Waals surface area contributed by atoms with Crippen LogP contribution in [0, 0.1) is 98.3 Å². The van der Waals surface area contributed by atoms with Crippen molar-refractivity contribution < 1.29 is 9.85 Å². The number of nitro benzene ring substituents is 2. The molecule has 16 aromatic rings. The Hall–Kier alpha value is -16.3. The van der Waals surface area contributed by atoms with Crippen molar-refractivity contribution in [3.63, 3.8) is 0 Å². The van der Waals surface area contributed by atoms with Gasteiger partial charge in [0, 0.05) is 166 Å². The number of benzene rings is 16. The summed E-state index contributed by atoms with van der Waals surface area (Å²) in [5, 5.41) is 40.2. The second-order valence-corrected chi connectivity index (χ2v) is 31.2. The summed E-state index contributed by atoms with van der Waals surface area (Å²) in [5.74, 6) is 0. The Kier molecular flexibility index (Phi) is 28.4. The molecule has 624 valence electrons. The molecule has 0 N–H and O–H groups in total. The molecular weight excluding hydrogens is 1550 g/mol. The van der Waals surface area contributed by atoms with Gasteiger partial charge in [-0.1, -0.05) is 154 Å². The number of nitriles is 2. The van der Waals surface area contributed by atoms with E-state index in [-0.39, 0.29) is 21.2 Å². The number of anilines is 20. The lowest BCUT2D eigenvalue weighted by Gasteiger charge is -2.27. The minimum Gasteiger partial charge on any atom is -0.345 e. The van der Waals surface area contributed by atoms with E-state index in [2.05, 4.69) is 376 Å².